The fourth-order valence-electron chi connectivity index (χ4n) is 2.33. The van der Waals surface area contributed by atoms with Crippen molar-refractivity contribution in [3.63, 3.8) is 0 Å². The standard InChI is InChI=1S/C10H16BN2O13P3/c1-5-3-13(10(16)12-9(5)15)8-2-6(14)7(24-8)4-23-27(11,17)25-29(21,22)26-28(18,19)20/h3,6-8,14H,2,4H2,1H3,(H,21,22)(H,12,15,16)(H2,18,19,20)/q-1/t6-,7+,8+,27-/m0/s1. The number of aromatic amines is 1. The molecule has 0 aromatic carbocycles. The third-order valence-electron chi connectivity index (χ3n) is 3.51. The van der Waals surface area contributed by atoms with E-state index in [4.69, 9.17) is 27.0 Å². The third-order valence-corrected chi connectivity index (χ3v) is 7.43. The van der Waals surface area contributed by atoms with Gasteiger partial charge in [0.05, 0.1) is 20.2 Å². The van der Waals surface area contributed by atoms with Crippen LogP contribution in [0.25, 0.3) is 0 Å². The molecule has 19 heteroatoms. The van der Waals surface area contributed by atoms with E-state index in [0.717, 1.165) is 4.57 Å². The van der Waals surface area contributed by atoms with Crippen molar-refractivity contribution in [3.8, 4) is 0 Å². The van der Waals surface area contributed by atoms with E-state index in [-0.39, 0.29) is 12.0 Å². The lowest BCUT2D eigenvalue weighted by atomic mass is 10.2. The largest absolute Gasteiger partial charge is 0.485 e. The molecule has 1 unspecified atom stereocenters. The predicted octanol–water partition coefficient (Wildman–Crippen LogP) is -0.987. The highest BCUT2D eigenvalue weighted by atomic mass is 31.3. The van der Waals surface area contributed by atoms with Crippen LogP contribution >= 0.6 is 23.1 Å². The summed E-state index contributed by atoms with van der Waals surface area (Å²) in [5.74, 6) is 0. The zero-order chi connectivity index (χ0) is 22.2. The van der Waals surface area contributed by atoms with Crippen molar-refractivity contribution in [2.75, 3.05) is 6.61 Å². The number of aliphatic hydroxyl groups excluding tert-OH is 1. The Morgan fingerprint density at radius 1 is 1.28 bits per heavy atom. The first-order chi connectivity index (χ1) is 13.1. The summed E-state index contributed by atoms with van der Waals surface area (Å²) in [5.41, 5.74) is -1.20. The highest BCUT2D eigenvalue weighted by Gasteiger charge is 2.38. The number of rotatable bonds is 8. The van der Waals surface area contributed by atoms with E-state index in [9.17, 15) is 28.4 Å². The van der Waals surface area contributed by atoms with Gasteiger partial charge in [0, 0.05) is 18.2 Å². The van der Waals surface area contributed by atoms with Crippen LogP contribution in [-0.4, -0.2) is 55.7 Å². The highest BCUT2D eigenvalue weighted by Crippen LogP contribution is 2.66. The molecule has 2 heterocycles. The minimum absolute atomic E-state index is 0.130. The molecule has 2 rings (SSSR count). The molecule has 1 fully saturated rings. The van der Waals surface area contributed by atoms with Crippen LogP contribution in [0, 0.1) is 6.92 Å². The number of aryl methyl sites for hydroxylation is 1. The molecule has 0 bridgehead atoms. The van der Waals surface area contributed by atoms with Crippen molar-refractivity contribution in [2.45, 2.75) is 31.8 Å². The summed E-state index contributed by atoms with van der Waals surface area (Å²) in [6, 6.07) is 0. The number of ether oxygens (including phenoxy) is 1. The van der Waals surface area contributed by atoms with Crippen LogP contribution in [0.4, 0.5) is 0 Å². The number of aromatic nitrogens is 2. The number of hydrogen-bond acceptors (Lipinski definition) is 10. The minimum atomic E-state index is -5.55. The lowest BCUT2D eigenvalue weighted by Crippen LogP contribution is -2.33. The molecule has 0 aliphatic carbocycles. The maximum absolute atomic E-state index is 11.9. The van der Waals surface area contributed by atoms with Crippen molar-refractivity contribution in [3.05, 3.63) is 32.6 Å². The Morgan fingerprint density at radius 3 is 2.48 bits per heavy atom. The molecule has 163 valence electrons. The number of hydrogen-bond donors (Lipinski definition) is 5. The lowest BCUT2D eigenvalue weighted by Gasteiger charge is -2.29. The van der Waals surface area contributed by atoms with Gasteiger partial charge in [0.2, 0.25) is 0 Å². The number of aliphatic hydroxyl groups is 1. The Hall–Kier alpha value is -0.885. The number of nitrogens with zero attached hydrogens (tertiary/aromatic N) is 1. The zero-order valence-electron chi connectivity index (χ0n) is 14.6. The summed E-state index contributed by atoms with van der Waals surface area (Å²) < 4.78 is 52.2. The molecule has 29 heavy (non-hydrogen) atoms. The van der Waals surface area contributed by atoms with Crippen LogP contribution in [-0.2, 0) is 31.6 Å². The van der Waals surface area contributed by atoms with Crippen molar-refractivity contribution in [1.82, 2.24) is 9.55 Å². The molecule has 15 nitrogen and oxygen atoms in total. The van der Waals surface area contributed by atoms with Crippen LogP contribution in [0.1, 0.15) is 18.2 Å². The summed E-state index contributed by atoms with van der Waals surface area (Å²) in [6.45, 7) is 0.689. The van der Waals surface area contributed by atoms with Gasteiger partial charge in [0.25, 0.3) is 5.56 Å². The maximum atomic E-state index is 11.9. The van der Waals surface area contributed by atoms with Gasteiger partial charge in [-0.3, -0.25) is 14.3 Å². The van der Waals surface area contributed by atoms with Gasteiger partial charge < -0.3 is 41.2 Å². The molecule has 3 radical (unpaired) electrons. The first-order valence-corrected chi connectivity index (χ1v) is 12.2. The Bertz CT molecular complexity index is 1020. The molecular weight excluding hydrogens is 460 g/mol. The Morgan fingerprint density at radius 2 is 1.90 bits per heavy atom. The molecule has 0 saturated carbocycles. The van der Waals surface area contributed by atoms with Crippen LogP contribution in [0.15, 0.2) is 15.8 Å². The molecular formula is C10H16BN2O13P3-. The van der Waals surface area contributed by atoms with Crippen molar-refractivity contribution in [2.24, 2.45) is 0 Å². The second-order valence-electron chi connectivity index (χ2n) is 5.87. The highest BCUT2D eigenvalue weighted by molar-refractivity contribution is 7.84. The first kappa shape index (κ1) is 24.4. The Kier molecular flexibility index (Phi) is 7.31. The Balaban J connectivity index is 2.03. The Labute approximate surface area is 163 Å². The van der Waals surface area contributed by atoms with Crippen LogP contribution < -0.4 is 11.2 Å². The average Bonchev–Trinajstić information content (AvgIpc) is 2.86. The molecule has 0 amide bonds. The molecule has 1 aliphatic heterocycles. The van der Waals surface area contributed by atoms with Crippen LogP contribution in [0.2, 0.25) is 0 Å². The second kappa shape index (κ2) is 8.70. The summed E-state index contributed by atoms with van der Waals surface area (Å²) >= 11 is 0. The van der Waals surface area contributed by atoms with Crippen molar-refractivity contribution < 1.29 is 51.4 Å². The maximum Gasteiger partial charge on any atom is 0.485 e. The fourth-order valence-corrected chi connectivity index (χ4v) is 5.49. The SMILES string of the molecule is [B-][P@](=O)(OC[C@H]1O[C@@H](n2cc(C)c(=O)[nH]c2=O)C[C@@H]1O)OP(=O)(O)OP(=O)(O)O. The van der Waals surface area contributed by atoms with Gasteiger partial charge >= 0.3 is 21.3 Å². The predicted molar refractivity (Wildman–Crippen MR) is 93.9 cm³/mol. The van der Waals surface area contributed by atoms with E-state index < -0.39 is 59.4 Å². The topological polar surface area (TPSA) is 224 Å². The van der Waals surface area contributed by atoms with Crippen LogP contribution in [0.3, 0.4) is 0 Å². The monoisotopic (exact) mass is 476 g/mol. The van der Waals surface area contributed by atoms with Gasteiger partial charge in [-0.05, 0) is 6.92 Å². The molecule has 0 spiro atoms. The zero-order valence-corrected chi connectivity index (χ0v) is 17.2. The molecule has 1 aromatic heterocycles. The van der Waals surface area contributed by atoms with Gasteiger partial charge in [-0.2, -0.15) is 4.31 Å². The van der Waals surface area contributed by atoms with E-state index >= 15 is 0 Å². The quantitative estimate of drug-likeness (QED) is 0.225. The smallest absolute Gasteiger partial charge is 0.443 e. The summed E-state index contributed by atoms with van der Waals surface area (Å²) in [7, 11) is -10.8. The van der Waals surface area contributed by atoms with Crippen LogP contribution in [0.5, 0.6) is 0 Å². The number of H-pyrrole nitrogens is 1. The van der Waals surface area contributed by atoms with E-state index in [1.807, 2.05) is 0 Å². The van der Waals surface area contributed by atoms with E-state index in [0.29, 0.717) is 0 Å². The number of nitrogens with one attached hydrogen (secondary N) is 1. The van der Waals surface area contributed by atoms with Gasteiger partial charge in [0.15, 0.2) is 0 Å². The molecule has 1 saturated heterocycles. The van der Waals surface area contributed by atoms with Gasteiger partial charge in [0.1, 0.15) is 12.3 Å². The summed E-state index contributed by atoms with van der Waals surface area (Å²) in [4.78, 5) is 51.4. The summed E-state index contributed by atoms with van der Waals surface area (Å²) in [5, 5.41) is 10.0. The fraction of sp³-hybridized carbons (Fsp3) is 0.600. The van der Waals surface area contributed by atoms with E-state index in [1.54, 1.807) is 0 Å². The minimum Gasteiger partial charge on any atom is -0.443 e. The first-order valence-electron chi connectivity index (χ1n) is 7.58. The second-order valence-corrected chi connectivity index (χ2v) is 10.4. The molecule has 5 N–H and O–H groups in total. The van der Waals surface area contributed by atoms with E-state index in [2.05, 4.69) is 18.1 Å². The number of phosphoric acid groups is 2. The third kappa shape index (κ3) is 7.09. The average molecular weight is 476 g/mol. The molecule has 1 aliphatic rings. The summed E-state index contributed by atoms with van der Waals surface area (Å²) in [6.07, 6.45) is -2.43. The van der Waals surface area contributed by atoms with E-state index in [1.165, 1.54) is 13.1 Å². The molecule has 5 atom stereocenters. The normalized spacial score (nSPS) is 26.8. The lowest BCUT2D eigenvalue weighted by molar-refractivity contribution is -0.0417. The van der Waals surface area contributed by atoms with Gasteiger partial charge in [-0.15, -0.1) is 0 Å². The van der Waals surface area contributed by atoms with Gasteiger partial charge in [-0.25, -0.2) is 18.2 Å². The van der Waals surface area contributed by atoms with Gasteiger partial charge in [-0.1, -0.05) is 0 Å². The van der Waals surface area contributed by atoms with Crippen molar-refractivity contribution in [1.29, 1.82) is 0 Å². The molecule has 1 aromatic rings. The van der Waals surface area contributed by atoms with Crippen molar-refractivity contribution >= 4 is 30.7 Å².